The maximum Gasteiger partial charge on any atom is 0.132 e. The van der Waals surface area contributed by atoms with Crippen molar-refractivity contribution in [1.82, 2.24) is 4.90 Å². The first kappa shape index (κ1) is 26.9. The first-order valence-corrected chi connectivity index (χ1v) is 13.9. The minimum Gasteiger partial charge on any atom is -0.491 e. The van der Waals surface area contributed by atoms with E-state index < -0.39 is 12.2 Å². The Morgan fingerprint density at radius 3 is 2.27 bits per heavy atom. The predicted molar refractivity (Wildman–Crippen MR) is 145 cm³/mol. The van der Waals surface area contributed by atoms with Gasteiger partial charge in [0.1, 0.15) is 36.9 Å². The molecule has 3 rings (SSSR count). The maximum absolute atomic E-state index is 10.3. The first-order valence-electron chi connectivity index (χ1n) is 11.2. The number of rotatable bonds is 11. The molecular formula is C25H33ClINO4S. The Labute approximate surface area is 219 Å². The molecule has 0 saturated carbocycles. The summed E-state index contributed by atoms with van der Waals surface area (Å²) in [4.78, 5) is 2.30. The molecule has 5 nitrogen and oxygen atoms in total. The van der Waals surface area contributed by atoms with Crippen LogP contribution in [0.5, 0.6) is 11.5 Å². The van der Waals surface area contributed by atoms with Gasteiger partial charge in [0.2, 0.25) is 0 Å². The summed E-state index contributed by atoms with van der Waals surface area (Å²) in [6.45, 7) is 7.58. The van der Waals surface area contributed by atoms with Gasteiger partial charge in [0.25, 0.3) is 0 Å². The van der Waals surface area contributed by atoms with E-state index in [9.17, 15) is 10.2 Å². The first-order chi connectivity index (χ1) is 15.8. The summed E-state index contributed by atoms with van der Waals surface area (Å²) in [6, 6.07) is 14.2. The molecule has 2 unspecified atom stereocenters. The van der Waals surface area contributed by atoms with Crippen molar-refractivity contribution in [3.8, 4) is 11.5 Å². The number of ether oxygens (including phenoxy) is 2. The maximum atomic E-state index is 10.3. The van der Waals surface area contributed by atoms with E-state index in [0.717, 1.165) is 39.7 Å². The SMILES string of the molecule is CC(C)(c1ccc(OCC(O)CN2CCSCC2)cc1)c1ccc(OCC(O)CCl)c([123I])c1. The van der Waals surface area contributed by atoms with Crippen LogP contribution in [0.3, 0.4) is 0 Å². The molecule has 0 amide bonds. The standard InChI is InChI=1S/C25H33ClINO4S/c1-25(2,19-5-8-24(23(27)13-19)32-16-20(29)14-26)18-3-6-22(7-4-18)31-17-21(30)15-28-9-11-33-12-10-28/h3-8,13,20-21,29-30H,9-12,14-17H2,1-2H3/i27-4. The molecule has 0 aliphatic carbocycles. The highest BCUT2D eigenvalue weighted by Crippen LogP contribution is 2.35. The van der Waals surface area contributed by atoms with Crippen molar-refractivity contribution in [2.75, 3.05) is 50.2 Å². The normalized spacial score (nSPS) is 16.9. The van der Waals surface area contributed by atoms with Crippen LogP contribution in [0.1, 0.15) is 25.0 Å². The molecule has 2 atom stereocenters. The zero-order chi connectivity index (χ0) is 23.8. The average Bonchev–Trinajstić information content (AvgIpc) is 2.82. The van der Waals surface area contributed by atoms with Gasteiger partial charge in [0, 0.05) is 36.6 Å². The molecule has 33 heavy (non-hydrogen) atoms. The number of nitrogens with zero attached hydrogens (tertiary/aromatic N) is 1. The topological polar surface area (TPSA) is 62.2 Å². The van der Waals surface area contributed by atoms with Gasteiger partial charge in [0.15, 0.2) is 0 Å². The Balaban J connectivity index is 1.57. The van der Waals surface area contributed by atoms with Crippen molar-refractivity contribution < 1.29 is 19.7 Å². The van der Waals surface area contributed by atoms with E-state index in [4.69, 9.17) is 21.1 Å². The van der Waals surface area contributed by atoms with Gasteiger partial charge in [-0.2, -0.15) is 11.8 Å². The smallest absolute Gasteiger partial charge is 0.132 e. The molecule has 1 heterocycles. The number of aliphatic hydroxyl groups excluding tert-OH is 2. The van der Waals surface area contributed by atoms with E-state index in [0.29, 0.717) is 13.2 Å². The molecule has 2 aromatic carbocycles. The molecular weight excluding hydrogens is 569 g/mol. The zero-order valence-electron chi connectivity index (χ0n) is 19.2. The van der Waals surface area contributed by atoms with Crippen LogP contribution in [0.2, 0.25) is 0 Å². The van der Waals surface area contributed by atoms with E-state index in [1.807, 2.05) is 30.0 Å². The Bertz CT molecular complexity index is 877. The van der Waals surface area contributed by atoms with Crippen molar-refractivity contribution >= 4 is 46.0 Å². The summed E-state index contributed by atoms with van der Waals surface area (Å²) in [5, 5.41) is 19.9. The molecule has 1 fully saturated rings. The fraction of sp³-hybridized carbons (Fsp3) is 0.520. The third-order valence-corrected chi connectivity index (χ3v) is 8.00. The highest BCUT2D eigenvalue weighted by molar-refractivity contribution is 14.1. The van der Waals surface area contributed by atoms with Gasteiger partial charge in [-0.1, -0.05) is 32.0 Å². The molecule has 8 heteroatoms. The van der Waals surface area contributed by atoms with Crippen LogP contribution in [0.25, 0.3) is 0 Å². The molecule has 0 aromatic heterocycles. The van der Waals surface area contributed by atoms with Crippen LogP contribution in [-0.2, 0) is 5.41 Å². The Morgan fingerprint density at radius 1 is 1.00 bits per heavy atom. The summed E-state index contributed by atoms with van der Waals surface area (Å²) in [7, 11) is 0. The van der Waals surface area contributed by atoms with Crippen molar-refractivity contribution in [1.29, 1.82) is 0 Å². The number of halogens is 2. The van der Waals surface area contributed by atoms with Gasteiger partial charge >= 0.3 is 0 Å². The van der Waals surface area contributed by atoms with E-state index in [2.05, 4.69) is 65.6 Å². The van der Waals surface area contributed by atoms with E-state index in [1.54, 1.807) is 0 Å². The number of benzene rings is 2. The van der Waals surface area contributed by atoms with Crippen molar-refractivity contribution in [2.24, 2.45) is 0 Å². The Morgan fingerprint density at radius 2 is 1.64 bits per heavy atom. The summed E-state index contributed by atoms with van der Waals surface area (Å²) < 4.78 is 12.5. The lowest BCUT2D eigenvalue weighted by Gasteiger charge is -2.28. The van der Waals surface area contributed by atoms with E-state index in [-0.39, 0.29) is 17.9 Å². The fourth-order valence-corrected chi connectivity index (χ4v) is 5.44. The quantitative estimate of drug-likeness (QED) is 0.295. The molecule has 0 bridgehead atoms. The molecule has 0 radical (unpaired) electrons. The summed E-state index contributed by atoms with van der Waals surface area (Å²) in [5.41, 5.74) is 2.13. The van der Waals surface area contributed by atoms with Crippen LogP contribution in [0.15, 0.2) is 42.5 Å². The minimum absolute atomic E-state index is 0.151. The van der Waals surface area contributed by atoms with Gasteiger partial charge < -0.3 is 19.7 Å². The van der Waals surface area contributed by atoms with Gasteiger partial charge in [-0.15, -0.1) is 11.6 Å². The number of aliphatic hydroxyl groups is 2. The fourth-order valence-electron chi connectivity index (χ4n) is 3.70. The van der Waals surface area contributed by atoms with Gasteiger partial charge in [0.05, 0.1) is 9.45 Å². The third-order valence-electron chi connectivity index (χ3n) is 5.85. The second kappa shape index (κ2) is 12.8. The number of hydrogen-bond donors (Lipinski definition) is 2. The highest BCUT2D eigenvalue weighted by atomic mass is 123. The van der Waals surface area contributed by atoms with Crippen LogP contribution >= 0.6 is 46.0 Å². The summed E-state index contributed by atoms with van der Waals surface area (Å²) in [5.74, 6) is 3.93. The van der Waals surface area contributed by atoms with Gasteiger partial charge in [-0.3, -0.25) is 4.90 Å². The van der Waals surface area contributed by atoms with E-state index in [1.165, 1.54) is 11.1 Å². The monoisotopic (exact) mass is 601 g/mol. The average molecular weight is 602 g/mol. The summed E-state index contributed by atoms with van der Waals surface area (Å²) >= 11 is 9.87. The van der Waals surface area contributed by atoms with Crippen molar-refractivity contribution in [2.45, 2.75) is 31.5 Å². The predicted octanol–water partition coefficient (Wildman–Crippen LogP) is 4.38. The lowest BCUT2D eigenvalue weighted by molar-refractivity contribution is 0.0715. The van der Waals surface area contributed by atoms with E-state index >= 15 is 0 Å². The second-order valence-electron chi connectivity index (χ2n) is 8.79. The number of alkyl halides is 1. The van der Waals surface area contributed by atoms with Crippen LogP contribution in [0, 0.1) is 3.57 Å². The highest BCUT2D eigenvalue weighted by Gasteiger charge is 2.24. The summed E-state index contributed by atoms with van der Waals surface area (Å²) in [6.07, 6.45) is -1.16. The second-order valence-corrected chi connectivity index (χ2v) is 11.5. The largest absolute Gasteiger partial charge is 0.491 e. The van der Waals surface area contributed by atoms with Crippen LogP contribution in [-0.4, -0.2) is 77.6 Å². The number of β-amino-alcohol motifs (C(OH)–C–C–N with tert-alkyl or cyclic N) is 1. The zero-order valence-corrected chi connectivity index (χ0v) is 22.9. The van der Waals surface area contributed by atoms with Gasteiger partial charge in [-0.05, 0) is 58.0 Å². The molecule has 1 aliphatic heterocycles. The molecule has 2 aromatic rings. The van der Waals surface area contributed by atoms with Crippen LogP contribution in [0.4, 0.5) is 0 Å². The molecule has 0 spiro atoms. The van der Waals surface area contributed by atoms with Crippen LogP contribution < -0.4 is 9.47 Å². The number of hydrogen-bond acceptors (Lipinski definition) is 6. The molecule has 1 saturated heterocycles. The lowest BCUT2D eigenvalue weighted by atomic mass is 9.78. The molecule has 182 valence electrons. The molecule has 1 aliphatic rings. The van der Waals surface area contributed by atoms with Crippen molar-refractivity contribution in [3.63, 3.8) is 0 Å². The lowest BCUT2D eigenvalue weighted by Crippen LogP contribution is -2.40. The van der Waals surface area contributed by atoms with Gasteiger partial charge in [-0.25, -0.2) is 0 Å². The minimum atomic E-state index is -0.677. The Kier molecular flexibility index (Phi) is 10.5. The molecule has 2 N–H and O–H groups in total. The third kappa shape index (κ3) is 7.90. The van der Waals surface area contributed by atoms with Crippen molar-refractivity contribution in [3.05, 3.63) is 57.2 Å². The Hall–Kier alpha value is -0.710. The number of thioether (sulfide) groups is 1.